The molecule has 0 radical (unpaired) electrons. The Hall–Kier alpha value is -1.28. The molecule has 0 saturated carbocycles. The summed E-state index contributed by atoms with van der Waals surface area (Å²) in [6, 6.07) is 7.56. The van der Waals surface area contributed by atoms with Crippen LogP contribution in [-0.4, -0.2) is 11.7 Å². The smallest absolute Gasteiger partial charge is 0.125 e. The fraction of sp³-hybridized carbons (Fsp3) is 0.273. The molecule has 1 heterocycles. The van der Waals surface area contributed by atoms with Crippen molar-refractivity contribution in [3.05, 3.63) is 42.5 Å². The number of rotatable bonds is 1. The Morgan fingerprint density at radius 2 is 2.23 bits per heavy atom. The second-order valence-corrected chi connectivity index (χ2v) is 3.19. The van der Waals surface area contributed by atoms with Crippen LogP contribution < -0.4 is 4.74 Å². The van der Waals surface area contributed by atoms with Gasteiger partial charge in [-0.25, -0.2) is 0 Å². The van der Waals surface area contributed by atoms with Crippen LogP contribution in [0.25, 0.3) is 0 Å². The lowest BCUT2D eigenvalue weighted by atomic mass is 9.93. The first-order valence-electron chi connectivity index (χ1n) is 4.35. The van der Waals surface area contributed by atoms with Crippen molar-refractivity contribution < 1.29 is 9.84 Å². The van der Waals surface area contributed by atoms with E-state index < -0.39 is 6.10 Å². The van der Waals surface area contributed by atoms with E-state index in [4.69, 9.17) is 4.74 Å². The van der Waals surface area contributed by atoms with Crippen molar-refractivity contribution in [2.75, 3.05) is 6.61 Å². The summed E-state index contributed by atoms with van der Waals surface area (Å²) in [4.78, 5) is 0. The van der Waals surface area contributed by atoms with Crippen molar-refractivity contribution in [2.45, 2.75) is 6.10 Å². The van der Waals surface area contributed by atoms with Gasteiger partial charge < -0.3 is 9.84 Å². The van der Waals surface area contributed by atoms with Gasteiger partial charge in [-0.2, -0.15) is 0 Å². The van der Waals surface area contributed by atoms with E-state index in [9.17, 15) is 5.11 Å². The molecule has 0 unspecified atom stereocenters. The number of aliphatic hydroxyl groups excluding tert-OH is 1. The van der Waals surface area contributed by atoms with E-state index in [0.717, 1.165) is 11.3 Å². The highest BCUT2D eigenvalue weighted by atomic mass is 16.5. The minimum absolute atomic E-state index is 0.00917. The molecule has 0 bridgehead atoms. The van der Waals surface area contributed by atoms with Crippen LogP contribution in [0.2, 0.25) is 0 Å². The monoisotopic (exact) mass is 176 g/mol. The zero-order valence-electron chi connectivity index (χ0n) is 7.31. The average Bonchev–Trinajstić information content (AvgIpc) is 2.19. The van der Waals surface area contributed by atoms with E-state index in [1.165, 1.54) is 0 Å². The Morgan fingerprint density at radius 3 is 3.00 bits per heavy atom. The molecular formula is C11H12O2. The van der Waals surface area contributed by atoms with Crippen LogP contribution in [0, 0.1) is 5.92 Å². The lowest BCUT2D eigenvalue weighted by Crippen LogP contribution is -2.23. The van der Waals surface area contributed by atoms with E-state index in [1.54, 1.807) is 6.08 Å². The molecule has 2 heteroatoms. The van der Waals surface area contributed by atoms with E-state index in [1.807, 2.05) is 24.3 Å². The molecule has 1 N–H and O–H groups in total. The number of fused-ring (bicyclic) bond motifs is 1. The molecule has 0 aromatic heterocycles. The van der Waals surface area contributed by atoms with Gasteiger partial charge in [0, 0.05) is 11.5 Å². The lowest BCUT2D eigenvalue weighted by molar-refractivity contribution is 0.0747. The molecule has 2 atom stereocenters. The van der Waals surface area contributed by atoms with Crippen LogP contribution in [0.1, 0.15) is 11.7 Å². The zero-order valence-corrected chi connectivity index (χ0v) is 7.31. The highest BCUT2D eigenvalue weighted by molar-refractivity contribution is 5.37. The van der Waals surface area contributed by atoms with Gasteiger partial charge in [-0.05, 0) is 6.07 Å². The van der Waals surface area contributed by atoms with Crippen LogP contribution >= 0.6 is 0 Å². The Bertz CT molecular complexity index is 320. The molecular weight excluding hydrogens is 164 g/mol. The van der Waals surface area contributed by atoms with Gasteiger partial charge in [0.15, 0.2) is 0 Å². The van der Waals surface area contributed by atoms with Gasteiger partial charge in [-0.3, -0.25) is 0 Å². The molecule has 0 amide bonds. The highest BCUT2D eigenvalue weighted by Crippen LogP contribution is 2.35. The summed E-state index contributed by atoms with van der Waals surface area (Å²) in [5, 5.41) is 9.87. The third-order valence-electron chi connectivity index (χ3n) is 2.38. The molecule has 2 rings (SSSR count). The summed E-state index contributed by atoms with van der Waals surface area (Å²) >= 11 is 0. The van der Waals surface area contributed by atoms with Crippen molar-refractivity contribution in [3.63, 3.8) is 0 Å². The molecule has 68 valence electrons. The van der Waals surface area contributed by atoms with E-state index >= 15 is 0 Å². The van der Waals surface area contributed by atoms with Crippen molar-refractivity contribution in [3.8, 4) is 5.75 Å². The van der Waals surface area contributed by atoms with E-state index in [2.05, 4.69) is 6.58 Å². The lowest BCUT2D eigenvalue weighted by Gasteiger charge is -2.27. The third-order valence-corrected chi connectivity index (χ3v) is 2.38. The van der Waals surface area contributed by atoms with Gasteiger partial charge in [-0.15, -0.1) is 6.58 Å². The molecule has 0 fully saturated rings. The molecule has 1 aliphatic rings. The number of hydrogen-bond acceptors (Lipinski definition) is 2. The molecule has 1 aromatic carbocycles. The van der Waals surface area contributed by atoms with Crippen LogP contribution in [0.4, 0.5) is 0 Å². The molecule has 1 aliphatic heterocycles. The summed E-state index contributed by atoms with van der Waals surface area (Å²) in [5.41, 5.74) is 0.860. The van der Waals surface area contributed by atoms with Gasteiger partial charge in [0.25, 0.3) is 0 Å². The molecule has 2 nitrogen and oxygen atoms in total. The number of ether oxygens (including phenoxy) is 1. The third kappa shape index (κ3) is 1.33. The normalized spacial score (nSPS) is 25.9. The largest absolute Gasteiger partial charge is 0.492 e. The van der Waals surface area contributed by atoms with E-state index in [-0.39, 0.29) is 5.92 Å². The van der Waals surface area contributed by atoms with Gasteiger partial charge in [0.2, 0.25) is 0 Å². The van der Waals surface area contributed by atoms with Crippen molar-refractivity contribution >= 4 is 0 Å². The summed E-state index contributed by atoms with van der Waals surface area (Å²) < 4.78 is 5.47. The summed E-state index contributed by atoms with van der Waals surface area (Å²) in [7, 11) is 0. The first-order valence-corrected chi connectivity index (χ1v) is 4.35. The van der Waals surface area contributed by atoms with Crippen molar-refractivity contribution in [1.82, 2.24) is 0 Å². The fourth-order valence-corrected chi connectivity index (χ4v) is 1.56. The Labute approximate surface area is 77.5 Å². The maximum atomic E-state index is 9.87. The van der Waals surface area contributed by atoms with Gasteiger partial charge in [0.05, 0.1) is 12.7 Å². The topological polar surface area (TPSA) is 29.5 Å². The summed E-state index contributed by atoms with van der Waals surface area (Å²) in [6.07, 6.45) is 1.27. The number of aliphatic hydroxyl groups is 1. The summed E-state index contributed by atoms with van der Waals surface area (Å²) in [6.45, 7) is 4.18. The Kier molecular flexibility index (Phi) is 2.07. The molecule has 0 spiro atoms. The van der Waals surface area contributed by atoms with Crippen LogP contribution in [-0.2, 0) is 0 Å². The number of hydrogen-bond donors (Lipinski definition) is 1. The predicted octanol–water partition coefficient (Wildman–Crippen LogP) is 1.91. The van der Waals surface area contributed by atoms with Gasteiger partial charge in [-0.1, -0.05) is 24.3 Å². The Morgan fingerprint density at radius 1 is 1.46 bits per heavy atom. The minimum atomic E-state index is -0.470. The highest BCUT2D eigenvalue weighted by Gasteiger charge is 2.26. The van der Waals surface area contributed by atoms with Gasteiger partial charge in [0.1, 0.15) is 5.75 Å². The quantitative estimate of drug-likeness (QED) is 0.662. The minimum Gasteiger partial charge on any atom is -0.492 e. The molecule has 1 aromatic rings. The summed E-state index contributed by atoms with van der Waals surface area (Å²) in [5.74, 6) is 0.794. The first kappa shape index (κ1) is 8.32. The average molecular weight is 176 g/mol. The second-order valence-electron chi connectivity index (χ2n) is 3.19. The zero-order chi connectivity index (χ0) is 9.26. The van der Waals surface area contributed by atoms with Gasteiger partial charge >= 0.3 is 0 Å². The number of para-hydroxylation sites is 1. The maximum Gasteiger partial charge on any atom is 0.125 e. The maximum absolute atomic E-state index is 9.87. The van der Waals surface area contributed by atoms with Crippen LogP contribution in [0.3, 0.4) is 0 Å². The Balaban J connectivity index is 2.38. The number of benzene rings is 1. The SMILES string of the molecule is C=C[C@H]1COc2ccccc2[C@H]1O. The van der Waals surface area contributed by atoms with Crippen molar-refractivity contribution in [1.29, 1.82) is 0 Å². The molecule has 0 saturated heterocycles. The molecule has 13 heavy (non-hydrogen) atoms. The van der Waals surface area contributed by atoms with Crippen LogP contribution in [0.5, 0.6) is 5.75 Å². The van der Waals surface area contributed by atoms with Crippen molar-refractivity contribution in [2.24, 2.45) is 5.92 Å². The van der Waals surface area contributed by atoms with E-state index in [0.29, 0.717) is 6.61 Å². The first-order chi connectivity index (χ1) is 6.33. The predicted molar refractivity (Wildman–Crippen MR) is 50.6 cm³/mol. The standard InChI is InChI=1S/C11H12O2/c1-2-8-7-13-10-6-4-3-5-9(10)11(8)12/h2-6,8,11-12H,1,7H2/t8-,11-/m0/s1. The fourth-order valence-electron chi connectivity index (χ4n) is 1.56. The second kappa shape index (κ2) is 3.23. The molecule has 0 aliphatic carbocycles. The van der Waals surface area contributed by atoms with Crippen LogP contribution in [0.15, 0.2) is 36.9 Å².